The molecule has 0 fully saturated rings. The average molecular weight is 503 g/mol. The highest BCUT2D eigenvalue weighted by Gasteiger charge is 2.18. The Kier molecular flexibility index (Phi) is 4.97. The zero-order valence-electron chi connectivity index (χ0n) is 9.43. The van der Waals surface area contributed by atoms with Gasteiger partial charge in [-0.05, 0) is 74.4 Å². The first-order valence-corrected chi connectivity index (χ1v) is 7.91. The maximum atomic E-state index is 13.9. The van der Waals surface area contributed by atoms with Crippen LogP contribution in [0.3, 0.4) is 0 Å². The highest BCUT2D eigenvalue weighted by atomic mass is 127. The fraction of sp³-hybridized carbons (Fsp3) is 0.0769. The van der Waals surface area contributed by atoms with E-state index >= 15 is 0 Å². The van der Waals surface area contributed by atoms with Crippen molar-refractivity contribution in [3.63, 3.8) is 0 Å². The summed E-state index contributed by atoms with van der Waals surface area (Å²) in [5, 5.41) is 0. The molecular formula is C13H8Br2F2IN. The molecule has 0 saturated heterocycles. The lowest BCUT2D eigenvalue weighted by atomic mass is 9.99. The summed E-state index contributed by atoms with van der Waals surface area (Å²) in [6.45, 7) is 0. The molecular weight excluding hydrogens is 495 g/mol. The Labute approximate surface area is 140 Å². The van der Waals surface area contributed by atoms with Crippen molar-refractivity contribution in [3.05, 3.63) is 65.6 Å². The Morgan fingerprint density at radius 1 is 0.947 bits per heavy atom. The van der Waals surface area contributed by atoms with E-state index in [0.29, 0.717) is 5.56 Å². The summed E-state index contributed by atoms with van der Waals surface area (Å²) in [6.07, 6.45) is 0. The molecule has 0 saturated carbocycles. The molecule has 0 bridgehead atoms. The van der Waals surface area contributed by atoms with Gasteiger partial charge in [-0.1, -0.05) is 15.9 Å². The van der Waals surface area contributed by atoms with Crippen LogP contribution in [0.15, 0.2) is 39.3 Å². The van der Waals surface area contributed by atoms with E-state index in [1.165, 1.54) is 0 Å². The standard InChI is InChI=1S/C13H8Br2F2IN/c14-9-2-1-6(18)3-7(9)13(19)8-4-12(17)10(15)5-11(8)16/h1-5,13H,19H2. The molecule has 0 aliphatic heterocycles. The van der Waals surface area contributed by atoms with Crippen molar-refractivity contribution in [2.45, 2.75) is 6.04 Å². The van der Waals surface area contributed by atoms with Gasteiger partial charge < -0.3 is 5.73 Å². The molecule has 1 nitrogen and oxygen atoms in total. The summed E-state index contributed by atoms with van der Waals surface area (Å²) < 4.78 is 29.3. The lowest BCUT2D eigenvalue weighted by Gasteiger charge is -2.16. The lowest BCUT2D eigenvalue weighted by molar-refractivity contribution is 0.572. The van der Waals surface area contributed by atoms with Crippen molar-refractivity contribution in [1.82, 2.24) is 0 Å². The van der Waals surface area contributed by atoms with Crippen LogP contribution in [0.5, 0.6) is 0 Å². The quantitative estimate of drug-likeness (QED) is 0.446. The molecule has 0 aliphatic rings. The van der Waals surface area contributed by atoms with Gasteiger partial charge in [-0.15, -0.1) is 0 Å². The fourth-order valence-corrected chi connectivity index (χ4v) is 3.02. The molecule has 2 rings (SSSR count). The minimum absolute atomic E-state index is 0.0858. The molecule has 0 radical (unpaired) electrons. The largest absolute Gasteiger partial charge is 0.320 e. The van der Waals surface area contributed by atoms with Crippen LogP contribution >= 0.6 is 54.5 Å². The van der Waals surface area contributed by atoms with Gasteiger partial charge in [0.15, 0.2) is 0 Å². The molecule has 0 spiro atoms. The van der Waals surface area contributed by atoms with Crippen molar-refractivity contribution >= 4 is 54.5 Å². The van der Waals surface area contributed by atoms with Gasteiger partial charge in [0.25, 0.3) is 0 Å². The Morgan fingerprint density at radius 3 is 2.32 bits per heavy atom. The minimum Gasteiger partial charge on any atom is -0.320 e. The van der Waals surface area contributed by atoms with Crippen LogP contribution in [0.2, 0.25) is 0 Å². The second-order valence-corrected chi connectivity index (χ2v) is 6.89. The third-order valence-electron chi connectivity index (χ3n) is 2.67. The summed E-state index contributed by atoms with van der Waals surface area (Å²) in [5.74, 6) is -1.07. The molecule has 2 aromatic carbocycles. The molecule has 2 N–H and O–H groups in total. The van der Waals surface area contributed by atoms with E-state index in [0.717, 1.165) is 20.2 Å². The minimum atomic E-state index is -0.730. The van der Waals surface area contributed by atoms with Gasteiger partial charge >= 0.3 is 0 Å². The summed E-state index contributed by atoms with van der Waals surface area (Å²) in [6, 6.07) is 7.06. The van der Waals surface area contributed by atoms with Crippen LogP contribution in [0.4, 0.5) is 8.78 Å². The average Bonchev–Trinajstić information content (AvgIpc) is 2.36. The Balaban J connectivity index is 2.52. The second kappa shape index (κ2) is 6.15. The number of nitrogens with two attached hydrogens (primary N) is 1. The van der Waals surface area contributed by atoms with Crippen molar-refractivity contribution in [1.29, 1.82) is 0 Å². The van der Waals surface area contributed by atoms with Crippen molar-refractivity contribution < 1.29 is 8.78 Å². The smallest absolute Gasteiger partial charge is 0.137 e. The topological polar surface area (TPSA) is 26.0 Å². The van der Waals surface area contributed by atoms with Crippen LogP contribution < -0.4 is 5.73 Å². The van der Waals surface area contributed by atoms with Gasteiger partial charge in [-0.2, -0.15) is 0 Å². The third-order valence-corrected chi connectivity index (χ3v) is 4.67. The second-order valence-electron chi connectivity index (χ2n) is 3.93. The Bertz CT molecular complexity index is 634. The molecule has 0 heterocycles. The predicted molar refractivity (Wildman–Crippen MR) is 86.9 cm³/mol. The molecule has 0 amide bonds. The summed E-state index contributed by atoms with van der Waals surface area (Å²) in [7, 11) is 0. The van der Waals surface area contributed by atoms with E-state index in [1.807, 2.05) is 18.2 Å². The van der Waals surface area contributed by atoms with E-state index in [-0.39, 0.29) is 10.0 Å². The lowest BCUT2D eigenvalue weighted by Crippen LogP contribution is -2.15. The number of halogens is 5. The fourth-order valence-electron chi connectivity index (χ4n) is 1.70. The van der Waals surface area contributed by atoms with E-state index in [1.54, 1.807) is 0 Å². The maximum absolute atomic E-state index is 13.9. The van der Waals surface area contributed by atoms with E-state index < -0.39 is 17.7 Å². The summed E-state index contributed by atoms with van der Waals surface area (Å²) >= 11 is 8.47. The van der Waals surface area contributed by atoms with Crippen LogP contribution in [0.1, 0.15) is 17.2 Å². The molecule has 100 valence electrons. The Hall–Kier alpha value is -0.0500. The number of hydrogen-bond donors (Lipinski definition) is 1. The number of benzene rings is 2. The zero-order chi connectivity index (χ0) is 14.2. The first-order valence-electron chi connectivity index (χ1n) is 5.25. The highest BCUT2D eigenvalue weighted by molar-refractivity contribution is 14.1. The van der Waals surface area contributed by atoms with Crippen molar-refractivity contribution in [3.8, 4) is 0 Å². The molecule has 0 aliphatic carbocycles. The van der Waals surface area contributed by atoms with Gasteiger partial charge in [-0.3, -0.25) is 0 Å². The van der Waals surface area contributed by atoms with Crippen LogP contribution in [-0.4, -0.2) is 0 Å². The first-order chi connectivity index (χ1) is 8.90. The normalized spacial score (nSPS) is 12.5. The Morgan fingerprint density at radius 2 is 1.63 bits per heavy atom. The summed E-state index contributed by atoms with van der Waals surface area (Å²) in [4.78, 5) is 0. The zero-order valence-corrected chi connectivity index (χ0v) is 14.8. The molecule has 1 unspecified atom stereocenters. The molecule has 6 heteroatoms. The van der Waals surface area contributed by atoms with Crippen molar-refractivity contribution in [2.75, 3.05) is 0 Å². The van der Waals surface area contributed by atoms with Crippen LogP contribution in [0.25, 0.3) is 0 Å². The predicted octanol–water partition coefficient (Wildman–Crippen LogP) is 5.14. The van der Waals surface area contributed by atoms with Gasteiger partial charge in [0.05, 0.1) is 10.5 Å². The van der Waals surface area contributed by atoms with Crippen molar-refractivity contribution in [2.24, 2.45) is 5.73 Å². The van der Waals surface area contributed by atoms with Gasteiger partial charge in [0.2, 0.25) is 0 Å². The summed E-state index contributed by atoms with van der Waals surface area (Å²) in [5.41, 5.74) is 6.89. The molecule has 0 aromatic heterocycles. The number of rotatable bonds is 2. The monoisotopic (exact) mass is 501 g/mol. The van der Waals surface area contributed by atoms with Gasteiger partial charge in [0, 0.05) is 13.6 Å². The SMILES string of the molecule is NC(c1cc(F)c(Br)cc1F)c1cc(I)ccc1Br. The molecule has 2 aromatic rings. The first kappa shape index (κ1) is 15.3. The van der Waals surface area contributed by atoms with E-state index in [9.17, 15) is 8.78 Å². The molecule has 1 atom stereocenters. The van der Waals surface area contributed by atoms with Crippen LogP contribution in [-0.2, 0) is 0 Å². The maximum Gasteiger partial charge on any atom is 0.137 e. The van der Waals surface area contributed by atoms with Crippen LogP contribution in [0, 0.1) is 15.2 Å². The van der Waals surface area contributed by atoms with E-state index in [2.05, 4.69) is 54.5 Å². The number of hydrogen-bond acceptors (Lipinski definition) is 1. The third kappa shape index (κ3) is 3.34. The molecule has 19 heavy (non-hydrogen) atoms. The van der Waals surface area contributed by atoms with E-state index in [4.69, 9.17) is 5.73 Å². The van der Waals surface area contributed by atoms with Gasteiger partial charge in [-0.25, -0.2) is 8.78 Å². The van der Waals surface area contributed by atoms with Gasteiger partial charge in [0.1, 0.15) is 11.6 Å². The highest BCUT2D eigenvalue weighted by Crippen LogP contribution is 2.31.